The highest BCUT2D eigenvalue weighted by Gasteiger charge is 1.88. The van der Waals surface area contributed by atoms with Crippen LogP contribution in [0.1, 0.15) is 0 Å². The fourth-order valence-corrected chi connectivity index (χ4v) is 0. The third-order valence-corrected chi connectivity index (χ3v) is 0. The van der Waals surface area contributed by atoms with Crippen LogP contribution >= 0.6 is 21.4 Å². The molecule has 3 nitrogen and oxygen atoms in total. The molecule has 58 valence electrons. The Morgan fingerprint density at radius 2 is 1.33 bits per heavy atom. The zero-order valence-corrected chi connectivity index (χ0v) is 7.94. The van der Waals surface area contributed by atoms with Crippen molar-refractivity contribution in [2.45, 2.75) is 0 Å². The zero-order chi connectivity index (χ0) is 8.08. The summed E-state index contributed by atoms with van der Waals surface area (Å²) in [5.41, 5.74) is 0. The van der Waals surface area contributed by atoms with Crippen molar-refractivity contribution < 1.29 is 13.0 Å². The molecule has 0 saturated heterocycles. The maximum absolute atomic E-state index is 9.56. The monoisotopic (exact) mass is 212 g/mol. The molecule has 0 aliphatic carbocycles. The Hall–Kier alpha value is 0.840. The molecule has 0 unspecified atom stereocenters. The predicted octanol–water partition coefficient (Wildman–Crippen LogP) is 0.704. The van der Waals surface area contributed by atoms with Crippen LogP contribution in [0.2, 0.25) is 0 Å². The molecule has 0 aliphatic heterocycles. The van der Waals surface area contributed by atoms with Gasteiger partial charge in [0.1, 0.15) is 0 Å². The summed E-state index contributed by atoms with van der Waals surface area (Å²) >= 11 is -0.611. The second kappa shape index (κ2) is 5.61. The summed E-state index contributed by atoms with van der Waals surface area (Å²) < 4.78 is 27.9. The second-order valence-electron chi connectivity index (χ2n) is 1.12. The quantitative estimate of drug-likeness (QED) is 0.439. The third-order valence-electron chi connectivity index (χ3n) is 0. The van der Waals surface area contributed by atoms with Gasteiger partial charge in [-0.25, -0.2) is 0 Å². The SMILES string of the molecule is C[S+](C)[O-].O=S(=O)(Cl)Cl. The lowest BCUT2D eigenvalue weighted by atomic mass is 11.9. The molecular formula is C2H6Cl2O3S2. The normalized spacial score (nSPS) is 10.4. The predicted molar refractivity (Wildman–Crippen MR) is 40.6 cm³/mol. The van der Waals surface area contributed by atoms with Crippen molar-refractivity contribution >= 4 is 40.8 Å². The Kier molecular flexibility index (Phi) is 7.80. The van der Waals surface area contributed by atoms with E-state index < -0.39 is 19.4 Å². The van der Waals surface area contributed by atoms with Crippen LogP contribution in [0.3, 0.4) is 0 Å². The van der Waals surface area contributed by atoms with Gasteiger partial charge in [0.25, 0.3) is 0 Å². The summed E-state index contributed by atoms with van der Waals surface area (Å²) in [6.07, 6.45) is 3.28. The highest BCUT2D eigenvalue weighted by molar-refractivity contribution is 8.31. The molecular weight excluding hydrogens is 207 g/mol. The molecule has 0 aliphatic rings. The van der Waals surface area contributed by atoms with Gasteiger partial charge in [-0.05, 0) is 0 Å². The largest absolute Gasteiger partial charge is 0.617 e. The molecule has 0 saturated carbocycles. The second-order valence-corrected chi connectivity index (χ2v) is 6.27. The van der Waals surface area contributed by atoms with Gasteiger partial charge in [0, 0.05) is 21.4 Å². The van der Waals surface area contributed by atoms with Crippen LogP contribution in [-0.2, 0) is 19.4 Å². The van der Waals surface area contributed by atoms with E-state index in [0.29, 0.717) is 0 Å². The summed E-state index contributed by atoms with van der Waals surface area (Å²) in [5.74, 6) is 0. The minimum atomic E-state index is -3.72. The average Bonchev–Trinajstić information content (AvgIpc) is 1.19. The standard InChI is InChI=1S/C2H6OS.Cl2O2S/c1-4(2)3;1-5(2,3)4/h1-2H3;. The van der Waals surface area contributed by atoms with Crippen LogP contribution in [0.25, 0.3) is 0 Å². The van der Waals surface area contributed by atoms with E-state index in [-0.39, 0.29) is 0 Å². The van der Waals surface area contributed by atoms with Crippen molar-refractivity contribution in [3.63, 3.8) is 0 Å². The maximum atomic E-state index is 9.56. The van der Waals surface area contributed by atoms with E-state index in [1.54, 1.807) is 12.5 Å². The van der Waals surface area contributed by atoms with Gasteiger partial charge in [-0.1, -0.05) is 11.2 Å². The smallest absolute Gasteiger partial charge is 0.317 e. The number of halogens is 2. The zero-order valence-electron chi connectivity index (χ0n) is 4.80. The fraction of sp³-hybridized carbons (Fsp3) is 1.00. The van der Waals surface area contributed by atoms with Gasteiger partial charge in [0.15, 0.2) is 0 Å². The maximum Gasteiger partial charge on any atom is 0.317 e. The first-order chi connectivity index (χ1) is 3.73. The Bertz CT molecular complexity index is 129. The van der Waals surface area contributed by atoms with Crippen LogP contribution in [0, 0.1) is 0 Å². The Balaban J connectivity index is 0. The first kappa shape index (κ1) is 12.5. The Morgan fingerprint density at radius 1 is 1.33 bits per heavy atom. The number of hydrogen-bond acceptors (Lipinski definition) is 3. The average molecular weight is 213 g/mol. The molecule has 0 amide bonds. The summed E-state index contributed by atoms with van der Waals surface area (Å²) in [7, 11) is 4.81. The van der Waals surface area contributed by atoms with Gasteiger partial charge in [0.05, 0.1) is 12.5 Å². The van der Waals surface area contributed by atoms with Crippen molar-refractivity contribution in [1.82, 2.24) is 0 Å². The molecule has 0 N–H and O–H groups in total. The molecule has 0 bridgehead atoms. The molecule has 7 heteroatoms. The summed E-state index contributed by atoms with van der Waals surface area (Å²) in [4.78, 5) is 0. The van der Waals surface area contributed by atoms with Crippen molar-refractivity contribution in [2.24, 2.45) is 0 Å². The van der Waals surface area contributed by atoms with E-state index in [4.69, 9.17) is 8.42 Å². The molecule has 0 heterocycles. The number of rotatable bonds is 0. The van der Waals surface area contributed by atoms with Crippen molar-refractivity contribution in [2.75, 3.05) is 12.5 Å². The van der Waals surface area contributed by atoms with Crippen LogP contribution in [0.15, 0.2) is 0 Å². The van der Waals surface area contributed by atoms with Crippen molar-refractivity contribution in [3.8, 4) is 0 Å². The van der Waals surface area contributed by atoms with Gasteiger partial charge < -0.3 is 4.55 Å². The molecule has 0 fully saturated rings. The minimum absolute atomic E-state index is 0.611. The van der Waals surface area contributed by atoms with Crippen molar-refractivity contribution in [1.29, 1.82) is 0 Å². The van der Waals surface area contributed by atoms with E-state index in [1.165, 1.54) is 0 Å². The van der Waals surface area contributed by atoms with Crippen LogP contribution in [-0.4, -0.2) is 25.5 Å². The fourth-order valence-electron chi connectivity index (χ4n) is 0. The Morgan fingerprint density at radius 3 is 1.33 bits per heavy atom. The molecule has 0 atom stereocenters. The van der Waals surface area contributed by atoms with Gasteiger partial charge in [-0.15, -0.1) is 0 Å². The lowest BCUT2D eigenvalue weighted by Crippen LogP contribution is -1.86. The van der Waals surface area contributed by atoms with Gasteiger partial charge in [-0.3, -0.25) is 0 Å². The lowest BCUT2D eigenvalue weighted by molar-refractivity contribution is 0.606. The highest BCUT2D eigenvalue weighted by Crippen LogP contribution is 1.98. The first-order valence-corrected chi connectivity index (χ1v) is 6.73. The summed E-state index contributed by atoms with van der Waals surface area (Å²) in [6.45, 7) is 0. The van der Waals surface area contributed by atoms with E-state index >= 15 is 0 Å². The minimum Gasteiger partial charge on any atom is -0.617 e. The molecule has 0 aromatic carbocycles. The lowest BCUT2D eigenvalue weighted by Gasteiger charge is -1.87. The van der Waals surface area contributed by atoms with E-state index in [1.807, 2.05) is 0 Å². The van der Waals surface area contributed by atoms with Gasteiger partial charge in [-0.2, -0.15) is 8.42 Å². The molecule has 0 radical (unpaired) electrons. The van der Waals surface area contributed by atoms with Crippen LogP contribution in [0.4, 0.5) is 0 Å². The molecule has 0 rings (SSSR count). The molecule has 0 spiro atoms. The van der Waals surface area contributed by atoms with E-state index in [2.05, 4.69) is 21.4 Å². The third kappa shape index (κ3) is 586. The van der Waals surface area contributed by atoms with Crippen molar-refractivity contribution in [3.05, 3.63) is 0 Å². The summed E-state index contributed by atoms with van der Waals surface area (Å²) in [6, 6.07) is 0. The van der Waals surface area contributed by atoms with Crippen LogP contribution < -0.4 is 0 Å². The highest BCUT2D eigenvalue weighted by atomic mass is 36.0. The first-order valence-electron chi connectivity index (χ1n) is 1.63. The molecule has 0 aromatic heterocycles. The summed E-state index contributed by atoms with van der Waals surface area (Å²) in [5, 5.41) is 0. The van der Waals surface area contributed by atoms with Crippen LogP contribution in [0.5, 0.6) is 0 Å². The van der Waals surface area contributed by atoms with Gasteiger partial charge in [0.2, 0.25) is 0 Å². The van der Waals surface area contributed by atoms with Gasteiger partial charge >= 0.3 is 8.26 Å². The topological polar surface area (TPSA) is 57.2 Å². The molecule has 9 heavy (non-hydrogen) atoms. The Labute approximate surface area is 66.4 Å². The van der Waals surface area contributed by atoms with E-state index in [9.17, 15) is 4.55 Å². The van der Waals surface area contributed by atoms with E-state index in [0.717, 1.165) is 0 Å². The number of hydrogen-bond donors (Lipinski definition) is 0. The molecule has 0 aromatic rings.